The van der Waals surface area contributed by atoms with Crippen LogP contribution in [0.5, 0.6) is 0 Å². The van der Waals surface area contributed by atoms with Crippen molar-refractivity contribution in [3.05, 3.63) is 76.2 Å². The fraction of sp³-hybridized carbons (Fsp3) is 0.105. The molecule has 0 radical (unpaired) electrons. The molecule has 0 atom stereocenters. The van der Waals surface area contributed by atoms with Crippen molar-refractivity contribution in [1.82, 2.24) is 9.97 Å². The summed E-state index contributed by atoms with van der Waals surface area (Å²) < 4.78 is 1.00. The highest BCUT2D eigenvalue weighted by atomic mass is 79.9. The van der Waals surface area contributed by atoms with Gasteiger partial charge in [-0.2, -0.15) is 0 Å². The van der Waals surface area contributed by atoms with Gasteiger partial charge in [-0.1, -0.05) is 33.6 Å². The second kappa shape index (κ2) is 7.44. The van der Waals surface area contributed by atoms with Crippen LogP contribution in [0.25, 0.3) is 0 Å². The highest BCUT2D eigenvalue weighted by molar-refractivity contribution is 9.10. The van der Waals surface area contributed by atoms with E-state index in [1.807, 2.05) is 56.3 Å². The highest BCUT2D eigenvalue weighted by Gasteiger charge is 2.10. The van der Waals surface area contributed by atoms with Gasteiger partial charge in [0.1, 0.15) is 11.5 Å². The normalized spacial score (nSPS) is 10.4. The van der Waals surface area contributed by atoms with Crippen LogP contribution in [-0.4, -0.2) is 15.9 Å². The van der Waals surface area contributed by atoms with Gasteiger partial charge < -0.3 is 10.6 Å². The molecular weight excluding hydrogens is 380 g/mol. The molecule has 3 rings (SSSR count). The van der Waals surface area contributed by atoms with Crippen LogP contribution >= 0.6 is 15.9 Å². The lowest BCUT2D eigenvalue weighted by atomic mass is 10.1. The molecule has 0 saturated carbocycles. The van der Waals surface area contributed by atoms with Gasteiger partial charge in [0, 0.05) is 15.8 Å². The van der Waals surface area contributed by atoms with Crippen LogP contribution in [-0.2, 0) is 0 Å². The van der Waals surface area contributed by atoms with E-state index in [4.69, 9.17) is 0 Å². The third-order valence-electron chi connectivity index (χ3n) is 3.63. The van der Waals surface area contributed by atoms with Gasteiger partial charge in [-0.3, -0.25) is 4.79 Å². The minimum atomic E-state index is -0.283. The number of carbonyl (C=O) groups is 1. The predicted molar refractivity (Wildman–Crippen MR) is 103 cm³/mol. The van der Waals surface area contributed by atoms with E-state index in [0.717, 1.165) is 27.0 Å². The molecule has 25 heavy (non-hydrogen) atoms. The van der Waals surface area contributed by atoms with E-state index in [1.165, 1.54) is 6.20 Å². The van der Waals surface area contributed by atoms with Crippen LogP contribution in [0.15, 0.2) is 59.3 Å². The molecule has 126 valence electrons. The summed E-state index contributed by atoms with van der Waals surface area (Å²) in [6, 6.07) is 13.6. The van der Waals surface area contributed by atoms with E-state index in [-0.39, 0.29) is 11.6 Å². The summed E-state index contributed by atoms with van der Waals surface area (Å²) in [4.78, 5) is 20.8. The molecule has 0 bridgehead atoms. The number of amides is 1. The van der Waals surface area contributed by atoms with E-state index in [0.29, 0.717) is 5.82 Å². The lowest BCUT2D eigenvalue weighted by Crippen LogP contribution is -2.15. The van der Waals surface area contributed by atoms with Crippen molar-refractivity contribution in [2.45, 2.75) is 13.8 Å². The van der Waals surface area contributed by atoms with Crippen LogP contribution in [0.1, 0.15) is 21.6 Å². The fourth-order valence-corrected chi connectivity index (χ4v) is 2.60. The summed E-state index contributed by atoms with van der Waals surface area (Å²) in [5.74, 6) is 0.292. The highest BCUT2D eigenvalue weighted by Crippen LogP contribution is 2.19. The molecule has 1 aromatic heterocycles. The average Bonchev–Trinajstić information content (AvgIpc) is 2.60. The number of benzene rings is 2. The van der Waals surface area contributed by atoms with Crippen molar-refractivity contribution in [3.8, 4) is 0 Å². The molecule has 0 aliphatic heterocycles. The quantitative estimate of drug-likeness (QED) is 0.661. The smallest absolute Gasteiger partial charge is 0.275 e. The zero-order valence-corrected chi connectivity index (χ0v) is 15.5. The molecule has 2 N–H and O–H groups in total. The second-order valence-electron chi connectivity index (χ2n) is 5.69. The number of rotatable bonds is 4. The molecule has 1 amide bonds. The van der Waals surface area contributed by atoms with Crippen LogP contribution in [0.2, 0.25) is 0 Å². The maximum Gasteiger partial charge on any atom is 0.275 e. The first-order valence-electron chi connectivity index (χ1n) is 7.74. The Morgan fingerprint density at radius 3 is 2.40 bits per heavy atom. The first-order valence-corrected chi connectivity index (χ1v) is 8.54. The number of hydrogen-bond acceptors (Lipinski definition) is 4. The molecule has 0 aliphatic carbocycles. The van der Waals surface area contributed by atoms with Gasteiger partial charge in [-0.15, -0.1) is 0 Å². The van der Waals surface area contributed by atoms with E-state index in [1.54, 1.807) is 6.20 Å². The van der Waals surface area contributed by atoms with Gasteiger partial charge in [-0.05, 0) is 49.7 Å². The number of nitrogens with zero attached hydrogens (tertiary/aromatic N) is 2. The van der Waals surface area contributed by atoms with Gasteiger partial charge in [0.2, 0.25) is 0 Å². The molecule has 0 spiro atoms. The summed E-state index contributed by atoms with van der Waals surface area (Å²) in [7, 11) is 0. The van der Waals surface area contributed by atoms with Crippen molar-refractivity contribution < 1.29 is 4.79 Å². The lowest BCUT2D eigenvalue weighted by Gasteiger charge is -2.09. The zero-order valence-electron chi connectivity index (χ0n) is 13.9. The zero-order chi connectivity index (χ0) is 17.8. The van der Waals surface area contributed by atoms with Gasteiger partial charge in [-0.25, -0.2) is 9.97 Å². The van der Waals surface area contributed by atoms with E-state index in [9.17, 15) is 4.79 Å². The Morgan fingerprint density at radius 1 is 1.00 bits per heavy atom. The summed E-state index contributed by atoms with van der Waals surface area (Å²) in [5.41, 5.74) is 4.09. The van der Waals surface area contributed by atoms with Crippen molar-refractivity contribution >= 4 is 39.0 Å². The number of halogens is 1. The van der Waals surface area contributed by atoms with Crippen LogP contribution < -0.4 is 10.6 Å². The Kier molecular flexibility index (Phi) is 5.09. The van der Waals surface area contributed by atoms with Crippen LogP contribution in [0, 0.1) is 13.8 Å². The predicted octanol–water partition coefficient (Wildman–Crippen LogP) is 4.85. The molecule has 0 aliphatic rings. The maximum atomic E-state index is 12.3. The summed E-state index contributed by atoms with van der Waals surface area (Å²) >= 11 is 3.39. The largest absolute Gasteiger partial charge is 0.339 e. The number of anilines is 3. The summed E-state index contributed by atoms with van der Waals surface area (Å²) in [5, 5.41) is 6.00. The standard InChI is InChI=1S/C19H17BrN4O/c1-12-3-8-16(13(2)9-12)24-19(25)17-10-22-18(11-21-17)23-15-6-4-14(20)5-7-15/h3-11H,1-2H3,(H,22,23)(H,24,25). The SMILES string of the molecule is Cc1ccc(NC(=O)c2cnc(Nc3ccc(Br)cc3)cn2)c(C)c1. The van der Waals surface area contributed by atoms with Gasteiger partial charge in [0.15, 0.2) is 0 Å². The van der Waals surface area contributed by atoms with E-state index < -0.39 is 0 Å². The molecule has 0 saturated heterocycles. The third-order valence-corrected chi connectivity index (χ3v) is 4.16. The third kappa shape index (κ3) is 4.42. The molecule has 2 aromatic carbocycles. The van der Waals surface area contributed by atoms with Gasteiger partial charge >= 0.3 is 0 Å². The molecule has 0 fully saturated rings. The Morgan fingerprint density at radius 2 is 1.76 bits per heavy atom. The van der Waals surface area contributed by atoms with E-state index in [2.05, 4.69) is 36.5 Å². The van der Waals surface area contributed by atoms with Gasteiger partial charge in [0.25, 0.3) is 5.91 Å². The minimum absolute atomic E-state index is 0.265. The average molecular weight is 397 g/mol. The Labute approximate surface area is 154 Å². The topological polar surface area (TPSA) is 66.9 Å². The van der Waals surface area contributed by atoms with Crippen molar-refractivity contribution in [2.75, 3.05) is 10.6 Å². The number of nitrogens with one attached hydrogen (secondary N) is 2. The molecule has 3 aromatic rings. The first-order chi connectivity index (χ1) is 12.0. The summed E-state index contributed by atoms with van der Waals surface area (Å²) in [6.07, 6.45) is 3.00. The Balaban J connectivity index is 1.68. The van der Waals surface area contributed by atoms with Crippen molar-refractivity contribution in [3.63, 3.8) is 0 Å². The molecule has 1 heterocycles. The molecule has 5 nitrogen and oxygen atoms in total. The number of aromatic nitrogens is 2. The summed E-state index contributed by atoms with van der Waals surface area (Å²) in [6.45, 7) is 3.97. The minimum Gasteiger partial charge on any atom is -0.339 e. The Hall–Kier alpha value is -2.73. The molecule has 0 unspecified atom stereocenters. The Bertz CT molecular complexity index is 892. The second-order valence-corrected chi connectivity index (χ2v) is 6.61. The fourth-order valence-electron chi connectivity index (χ4n) is 2.33. The molecule has 6 heteroatoms. The van der Waals surface area contributed by atoms with E-state index >= 15 is 0 Å². The number of hydrogen-bond donors (Lipinski definition) is 2. The monoisotopic (exact) mass is 396 g/mol. The molecular formula is C19H17BrN4O. The number of aryl methyl sites for hydroxylation is 2. The van der Waals surface area contributed by atoms with Crippen molar-refractivity contribution in [2.24, 2.45) is 0 Å². The first kappa shape index (κ1) is 17.1. The van der Waals surface area contributed by atoms with Crippen LogP contribution in [0.3, 0.4) is 0 Å². The van der Waals surface area contributed by atoms with Gasteiger partial charge in [0.05, 0.1) is 12.4 Å². The van der Waals surface area contributed by atoms with Crippen molar-refractivity contribution in [1.29, 1.82) is 0 Å². The number of carbonyl (C=O) groups excluding carboxylic acids is 1. The lowest BCUT2D eigenvalue weighted by molar-refractivity contribution is 0.102. The van der Waals surface area contributed by atoms with Crippen LogP contribution in [0.4, 0.5) is 17.2 Å². The maximum absolute atomic E-state index is 12.3.